The molecule has 86 valence electrons. The van der Waals surface area contributed by atoms with Crippen molar-refractivity contribution in [3.8, 4) is 0 Å². The molecule has 0 saturated carbocycles. The molecule has 0 aliphatic rings. The zero-order chi connectivity index (χ0) is 11.9. The van der Waals surface area contributed by atoms with Gasteiger partial charge in [-0.1, -0.05) is 32.8 Å². The number of carbonyl (C=O) groups is 1. The Balaban J connectivity index is 3.92. The lowest BCUT2D eigenvalue weighted by molar-refractivity contribution is -0.122. The van der Waals surface area contributed by atoms with E-state index in [2.05, 4.69) is 15.3 Å². The summed E-state index contributed by atoms with van der Waals surface area (Å²) >= 11 is 0. The molecule has 0 saturated heterocycles. The molecule has 0 bridgehead atoms. The Hall–Kier alpha value is -1.22. The number of nitrogens with zero attached hydrogens (tertiary/aromatic N) is 3. The van der Waals surface area contributed by atoms with E-state index in [1.54, 1.807) is 0 Å². The van der Waals surface area contributed by atoms with Gasteiger partial charge in [-0.3, -0.25) is 4.79 Å². The minimum atomic E-state index is -0.182. The maximum Gasteiger partial charge on any atom is 0.220 e. The molecule has 0 aromatic carbocycles. The van der Waals surface area contributed by atoms with Crippen LogP contribution in [0.4, 0.5) is 0 Å². The summed E-state index contributed by atoms with van der Waals surface area (Å²) in [7, 11) is 0. The van der Waals surface area contributed by atoms with E-state index in [4.69, 9.17) is 5.53 Å². The minimum Gasteiger partial charge on any atom is -0.356 e. The van der Waals surface area contributed by atoms with Crippen molar-refractivity contribution in [3.05, 3.63) is 10.4 Å². The molecule has 0 aliphatic heterocycles. The monoisotopic (exact) mass is 212 g/mol. The zero-order valence-electron chi connectivity index (χ0n) is 9.95. The molecule has 5 heteroatoms. The summed E-state index contributed by atoms with van der Waals surface area (Å²) in [6.07, 6.45) is 0.539. The highest BCUT2D eigenvalue weighted by Gasteiger charge is 2.17. The van der Waals surface area contributed by atoms with Gasteiger partial charge in [-0.25, -0.2) is 0 Å². The highest BCUT2D eigenvalue weighted by molar-refractivity contribution is 5.76. The van der Waals surface area contributed by atoms with Crippen molar-refractivity contribution < 1.29 is 4.79 Å². The first-order valence-corrected chi connectivity index (χ1v) is 5.15. The fourth-order valence-corrected chi connectivity index (χ4v) is 1.06. The molecule has 0 aliphatic carbocycles. The Morgan fingerprint density at radius 3 is 2.60 bits per heavy atom. The lowest BCUT2D eigenvalue weighted by atomic mass is 9.93. The van der Waals surface area contributed by atoms with Crippen molar-refractivity contribution in [3.63, 3.8) is 0 Å². The fraction of sp³-hybridized carbons (Fsp3) is 0.900. The van der Waals surface area contributed by atoms with Crippen LogP contribution in [0, 0.1) is 11.3 Å². The van der Waals surface area contributed by atoms with Crippen LogP contribution in [-0.2, 0) is 4.79 Å². The third-order valence-electron chi connectivity index (χ3n) is 1.92. The van der Waals surface area contributed by atoms with Crippen molar-refractivity contribution in [1.82, 2.24) is 5.32 Å². The van der Waals surface area contributed by atoms with E-state index in [1.807, 2.05) is 27.7 Å². The number of rotatable bonds is 6. The number of carbonyl (C=O) groups excluding carboxylic acids is 1. The smallest absolute Gasteiger partial charge is 0.220 e. The van der Waals surface area contributed by atoms with Crippen molar-refractivity contribution in [2.24, 2.45) is 16.4 Å². The van der Waals surface area contributed by atoms with Gasteiger partial charge in [0.15, 0.2) is 0 Å². The van der Waals surface area contributed by atoms with Crippen LogP contribution in [0.25, 0.3) is 10.4 Å². The lowest BCUT2D eigenvalue weighted by Crippen LogP contribution is -2.36. The van der Waals surface area contributed by atoms with Crippen LogP contribution in [0.1, 0.15) is 34.1 Å². The molecule has 0 rings (SSSR count). The molecule has 0 unspecified atom stereocenters. The van der Waals surface area contributed by atoms with Gasteiger partial charge < -0.3 is 5.32 Å². The summed E-state index contributed by atoms with van der Waals surface area (Å²) in [6, 6.07) is 0. The van der Waals surface area contributed by atoms with E-state index in [9.17, 15) is 4.79 Å². The molecule has 5 nitrogen and oxygen atoms in total. The van der Waals surface area contributed by atoms with E-state index in [0.717, 1.165) is 0 Å². The van der Waals surface area contributed by atoms with E-state index in [-0.39, 0.29) is 11.3 Å². The quantitative estimate of drug-likeness (QED) is 0.410. The number of nitrogens with one attached hydrogen (secondary N) is 1. The minimum absolute atomic E-state index is 0.0546. The maximum atomic E-state index is 11.4. The molecule has 0 atom stereocenters. The van der Waals surface area contributed by atoms with E-state index in [0.29, 0.717) is 25.4 Å². The highest BCUT2D eigenvalue weighted by atomic mass is 16.1. The van der Waals surface area contributed by atoms with Gasteiger partial charge in [0.05, 0.1) is 0 Å². The van der Waals surface area contributed by atoms with Crippen LogP contribution < -0.4 is 5.32 Å². The lowest BCUT2D eigenvalue weighted by Gasteiger charge is -2.22. The molecule has 0 fully saturated rings. The van der Waals surface area contributed by atoms with E-state index in [1.165, 1.54) is 0 Å². The Morgan fingerprint density at radius 1 is 1.53 bits per heavy atom. The van der Waals surface area contributed by atoms with Crippen LogP contribution in [0.5, 0.6) is 0 Å². The Kier molecular flexibility index (Phi) is 5.79. The molecule has 0 spiro atoms. The van der Waals surface area contributed by atoms with Gasteiger partial charge in [-0.05, 0) is 16.9 Å². The average Bonchev–Trinajstić information content (AvgIpc) is 2.11. The Labute approximate surface area is 90.9 Å². The van der Waals surface area contributed by atoms with Gasteiger partial charge in [0.1, 0.15) is 0 Å². The maximum absolute atomic E-state index is 11.4. The first-order chi connectivity index (χ1) is 6.87. The predicted octanol–water partition coefficient (Wildman–Crippen LogP) is 2.49. The second kappa shape index (κ2) is 6.30. The summed E-state index contributed by atoms with van der Waals surface area (Å²) in [5, 5.41) is 6.35. The molecule has 0 heterocycles. The van der Waals surface area contributed by atoms with Crippen LogP contribution >= 0.6 is 0 Å². The number of hydrogen-bond acceptors (Lipinski definition) is 2. The van der Waals surface area contributed by atoms with Crippen LogP contribution in [-0.4, -0.2) is 19.0 Å². The number of hydrogen-bond donors (Lipinski definition) is 1. The van der Waals surface area contributed by atoms with Gasteiger partial charge in [0.2, 0.25) is 5.91 Å². The molecule has 0 aromatic heterocycles. The van der Waals surface area contributed by atoms with Gasteiger partial charge in [0, 0.05) is 24.4 Å². The van der Waals surface area contributed by atoms with Crippen LogP contribution in [0.15, 0.2) is 5.11 Å². The largest absolute Gasteiger partial charge is 0.356 e. The summed E-state index contributed by atoms with van der Waals surface area (Å²) < 4.78 is 0. The molecular formula is C10H20N4O. The van der Waals surface area contributed by atoms with Crippen LogP contribution in [0.2, 0.25) is 0 Å². The fourth-order valence-electron chi connectivity index (χ4n) is 1.06. The van der Waals surface area contributed by atoms with Gasteiger partial charge in [0.25, 0.3) is 0 Å². The second-order valence-corrected chi connectivity index (χ2v) is 4.93. The standard InChI is InChI=1S/C10H20N4O/c1-8(2)5-9(15)12-6-10(3,4)7-13-14-11/h8H,5-7H2,1-4H3,(H,12,15). The first-order valence-electron chi connectivity index (χ1n) is 5.15. The van der Waals surface area contributed by atoms with Crippen LogP contribution in [0.3, 0.4) is 0 Å². The SMILES string of the molecule is CC(C)CC(=O)NCC(C)(C)CN=[N+]=[N-]. The van der Waals surface area contributed by atoms with Crippen molar-refractivity contribution in [1.29, 1.82) is 0 Å². The topological polar surface area (TPSA) is 77.9 Å². The molecule has 1 N–H and O–H groups in total. The molecule has 0 aromatic rings. The Bertz CT molecular complexity index is 254. The molecule has 0 radical (unpaired) electrons. The Morgan fingerprint density at radius 2 is 2.13 bits per heavy atom. The van der Waals surface area contributed by atoms with Crippen molar-refractivity contribution in [2.45, 2.75) is 34.1 Å². The average molecular weight is 212 g/mol. The summed E-state index contributed by atoms with van der Waals surface area (Å²) in [4.78, 5) is 14.1. The summed E-state index contributed by atoms with van der Waals surface area (Å²) in [5.74, 6) is 0.421. The van der Waals surface area contributed by atoms with E-state index < -0.39 is 0 Å². The first kappa shape index (κ1) is 13.8. The highest BCUT2D eigenvalue weighted by Crippen LogP contribution is 2.14. The summed E-state index contributed by atoms with van der Waals surface area (Å²) in [6.45, 7) is 8.85. The van der Waals surface area contributed by atoms with E-state index >= 15 is 0 Å². The van der Waals surface area contributed by atoms with Crippen molar-refractivity contribution >= 4 is 5.91 Å². The number of azide groups is 1. The third-order valence-corrected chi connectivity index (χ3v) is 1.92. The normalized spacial score (nSPS) is 11.0. The molecule has 1 amide bonds. The summed E-state index contributed by atoms with van der Waals surface area (Å²) in [5.41, 5.74) is 8.02. The van der Waals surface area contributed by atoms with Gasteiger partial charge >= 0.3 is 0 Å². The zero-order valence-corrected chi connectivity index (χ0v) is 9.95. The van der Waals surface area contributed by atoms with Crippen molar-refractivity contribution in [2.75, 3.05) is 13.1 Å². The molecular weight excluding hydrogens is 192 g/mol. The number of amides is 1. The molecule has 15 heavy (non-hydrogen) atoms. The third kappa shape index (κ3) is 7.82. The second-order valence-electron chi connectivity index (χ2n) is 4.93. The van der Waals surface area contributed by atoms with Gasteiger partial charge in [-0.2, -0.15) is 0 Å². The van der Waals surface area contributed by atoms with Gasteiger partial charge in [-0.15, -0.1) is 0 Å². The predicted molar refractivity (Wildman–Crippen MR) is 60.3 cm³/mol.